The van der Waals surface area contributed by atoms with Gasteiger partial charge < -0.3 is 9.47 Å². The SMILES string of the molecule is Cc1nccn1C(C)CC(=O)N1CCCN(Cc2ccccn2)CC1. The minimum absolute atomic E-state index is 0.142. The fourth-order valence-corrected chi connectivity index (χ4v) is 3.43. The van der Waals surface area contributed by atoms with Crippen LogP contribution in [0.4, 0.5) is 0 Å². The van der Waals surface area contributed by atoms with Crippen molar-refractivity contribution in [1.29, 1.82) is 0 Å². The molecule has 1 fully saturated rings. The zero-order valence-electron chi connectivity index (χ0n) is 15.1. The van der Waals surface area contributed by atoms with E-state index in [9.17, 15) is 4.79 Å². The van der Waals surface area contributed by atoms with Crippen molar-refractivity contribution < 1.29 is 4.79 Å². The lowest BCUT2D eigenvalue weighted by molar-refractivity contribution is -0.131. The van der Waals surface area contributed by atoms with Gasteiger partial charge in [0, 0.05) is 63.8 Å². The molecular formula is C19H27N5O. The molecule has 1 aliphatic rings. The van der Waals surface area contributed by atoms with Gasteiger partial charge in [0.25, 0.3) is 0 Å². The molecule has 0 saturated carbocycles. The predicted octanol–water partition coefficient (Wildman–Crippen LogP) is 2.27. The van der Waals surface area contributed by atoms with E-state index in [0.29, 0.717) is 6.42 Å². The van der Waals surface area contributed by atoms with Gasteiger partial charge >= 0.3 is 0 Å². The second-order valence-corrected chi connectivity index (χ2v) is 6.77. The van der Waals surface area contributed by atoms with E-state index in [0.717, 1.165) is 50.7 Å². The zero-order valence-corrected chi connectivity index (χ0v) is 15.1. The first-order valence-corrected chi connectivity index (χ1v) is 9.03. The Balaban J connectivity index is 1.52. The molecule has 1 atom stereocenters. The highest BCUT2D eigenvalue weighted by molar-refractivity contribution is 5.76. The third-order valence-corrected chi connectivity index (χ3v) is 4.86. The van der Waals surface area contributed by atoms with Crippen molar-refractivity contribution in [1.82, 2.24) is 24.3 Å². The number of aromatic nitrogens is 3. The highest BCUT2D eigenvalue weighted by Crippen LogP contribution is 2.16. The topological polar surface area (TPSA) is 54.3 Å². The average Bonchev–Trinajstić information content (AvgIpc) is 2.90. The maximum absolute atomic E-state index is 12.7. The summed E-state index contributed by atoms with van der Waals surface area (Å²) in [4.78, 5) is 25.7. The molecule has 2 aromatic heterocycles. The Bertz CT molecular complexity index is 684. The molecule has 25 heavy (non-hydrogen) atoms. The first kappa shape index (κ1) is 17.6. The van der Waals surface area contributed by atoms with Gasteiger partial charge in [0.15, 0.2) is 0 Å². The molecule has 1 saturated heterocycles. The minimum Gasteiger partial charge on any atom is -0.341 e. The van der Waals surface area contributed by atoms with Gasteiger partial charge in [-0.1, -0.05) is 6.07 Å². The number of aryl methyl sites for hydroxylation is 1. The molecule has 1 aliphatic heterocycles. The largest absolute Gasteiger partial charge is 0.341 e. The number of carbonyl (C=O) groups is 1. The fourth-order valence-electron chi connectivity index (χ4n) is 3.43. The summed E-state index contributed by atoms with van der Waals surface area (Å²) in [7, 11) is 0. The van der Waals surface area contributed by atoms with E-state index in [1.165, 1.54) is 0 Å². The van der Waals surface area contributed by atoms with Crippen LogP contribution in [0.2, 0.25) is 0 Å². The molecule has 0 spiro atoms. The lowest BCUT2D eigenvalue weighted by Gasteiger charge is -2.24. The van der Waals surface area contributed by atoms with Gasteiger partial charge in [-0.2, -0.15) is 0 Å². The Kier molecular flexibility index (Phi) is 5.81. The molecule has 1 unspecified atom stereocenters. The minimum atomic E-state index is 0.142. The van der Waals surface area contributed by atoms with Gasteiger partial charge in [-0.15, -0.1) is 0 Å². The van der Waals surface area contributed by atoms with Crippen LogP contribution in [0.15, 0.2) is 36.8 Å². The molecule has 6 heteroatoms. The standard InChI is InChI=1S/C19H27N5O/c1-16(24-11-8-20-17(24)2)14-19(25)23-10-5-9-22(12-13-23)15-18-6-3-4-7-21-18/h3-4,6-8,11,16H,5,9-10,12-15H2,1-2H3. The monoisotopic (exact) mass is 341 g/mol. The van der Waals surface area contributed by atoms with Crippen LogP contribution in [-0.2, 0) is 11.3 Å². The molecule has 1 amide bonds. The van der Waals surface area contributed by atoms with E-state index in [-0.39, 0.29) is 11.9 Å². The Morgan fingerprint density at radius 2 is 2.04 bits per heavy atom. The molecule has 0 aromatic carbocycles. The summed E-state index contributed by atoms with van der Waals surface area (Å²) in [5.74, 6) is 1.19. The molecule has 134 valence electrons. The van der Waals surface area contributed by atoms with E-state index in [2.05, 4.69) is 32.4 Å². The third kappa shape index (κ3) is 4.66. The third-order valence-electron chi connectivity index (χ3n) is 4.86. The molecule has 0 bridgehead atoms. The van der Waals surface area contributed by atoms with E-state index in [1.54, 1.807) is 6.20 Å². The van der Waals surface area contributed by atoms with E-state index in [4.69, 9.17) is 0 Å². The highest BCUT2D eigenvalue weighted by Gasteiger charge is 2.21. The summed E-state index contributed by atoms with van der Waals surface area (Å²) in [6.45, 7) is 8.46. The van der Waals surface area contributed by atoms with Crippen LogP contribution >= 0.6 is 0 Å². The second-order valence-electron chi connectivity index (χ2n) is 6.77. The molecular weight excluding hydrogens is 314 g/mol. The van der Waals surface area contributed by atoms with Crippen molar-refractivity contribution >= 4 is 5.91 Å². The van der Waals surface area contributed by atoms with Crippen molar-refractivity contribution in [2.45, 2.75) is 39.3 Å². The van der Waals surface area contributed by atoms with Crippen LogP contribution in [0.1, 0.15) is 37.3 Å². The molecule has 6 nitrogen and oxygen atoms in total. The average molecular weight is 341 g/mol. The molecule has 0 radical (unpaired) electrons. The van der Waals surface area contributed by atoms with Gasteiger partial charge in [-0.05, 0) is 32.4 Å². The number of hydrogen-bond donors (Lipinski definition) is 0. The molecule has 3 rings (SSSR count). The zero-order chi connectivity index (χ0) is 17.6. The highest BCUT2D eigenvalue weighted by atomic mass is 16.2. The number of rotatable bonds is 5. The number of pyridine rings is 1. The van der Waals surface area contributed by atoms with E-state index in [1.807, 2.05) is 36.4 Å². The number of imidazole rings is 1. The van der Waals surface area contributed by atoms with E-state index >= 15 is 0 Å². The van der Waals surface area contributed by atoms with Crippen molar-refractivity contribution in [3.8, 4) is 0 Å². The Morgan fingerprint density at radius 1 is 1.16 bits per heavy atom. The quantitative estimate of drug-likeness (QED) is 0.837. The molecule has 3 heterocycles. The Hall–Kier alpha value is -2.21. The summed E-state index contributed by atoms with van der Waals surface area (Å²) in [5.41, 5.74) is 1.09. The van der Waals surface area contributed by atoms with Crippen LogP contribution in [-0.4, -0.2) is 56.4 Å². The van der Waals surface area contributed by atoms with Crippen molar-refractivity contribution in [3.63, 3.8) is 0 Å². The van der Waals surface area contributed by atoms with Gasteiger partial charge in [-0.3, -0.25) is 14.7 Å². The van der Waals surface area contributed by atoms with Crippen molar-refractivity contribution in [2.75, 3.05) is 26.2 Å². The number of amides is 1. The fraction of sp³-hybridized carbons (Fsp3) is 0.526. The number of carbonyl (C=O) groups excluding carboxylic acids is 1. The molecule has 0 N–H and O–H groups in total. The predicted molar refractivity (Wildman–Crippen MR) is 97.0 cm³/mol. The normalized spacial score (nSPS) is 17.3. The smallest absolute Gasteiger partial charge is 0.224 e. The number of nitrogens with zero attached hydrogens (tertiary/aromatic N) is 5. The van der Waals surface area contributed by atoms with Crippen LogP contribution in [0.25, 0.3) is 0 Å². The van der Waals surface area contributed by atoms with Gasteiger partial charge in [0.05, 0.1) is 5.69 Å². The maximum atomic E-state index is 12.7. The Labute approximate surface area is 149 Å². The van der Waals surface area contributed by atoms with Gasteiger partial charge in [-0.25, -0.2) is 4.98 Å². The molecule has 2 aromatic rings. The van der Waals surface area contributed by atoms with Crippen LogP contribution in [0.5, 0.6) is 0 Å². The summed E-state index contributed by atoms with van der Waals surface area (Å²) in [6.07, 6.45) is 7.11. The van der Waals surface area contributed by atoms with Crippen LogP contribution in [0.3, 0.4) is 0 Å². The maximum Gasteiger partial charge on any atom is 0.224 e. The first-order valence-electron chi connectivity index (χ1n) is 9.03. The molecule has 0 aliphatic carbocycles. The van der Waals surface area contributed by atoms with Crippen molar-refractivity contribution in [3.05, 3.63) is 48.3 Å². The summed E-state index contributed by atoms with van der Waals surface area (Å²) < 4.78 is 2.07. The van der Waals surface area contributed by atoms with Crippen LogP contribution < -0.4 is 0 Å². The number of hydrogen-bond acceptors (Lipinski definition) is 4. The first-order chi connectivity index (χ1) is 12.1. The Morgan fingerprint density at radius 3 is 2.76 bits per heavy atom. The second kappa shape index (κ2) is 8.25. The summed E-state index contributed by atoms with van der Waals surface area (Å²) in [6, 6.07) is 6.16. The summed E-state index contributed by atoms with van der Waals surface area (Å²) >= 11 is 0. The van der Waals surface area contributed by atoms with E-state index < -0.39 is 0 Å². The van der Waals surface area contributed by atoms with Crippen LogP contribution in [0, 0.1) is 6.92 Å². The lowest BCUT2D eigenvalue weighted by Crippen LogP contribution is -2.36. The van der Waals surface area contributed by atoms with Gasteiger partial charge in [0.1, 0.15) is 5.82 Å². The van der Waals surface area contributed by atoms with Crippen molar-refractivity contribution in [2.24, 2.45) is 0 Å². The lowest BCUT2D eigenvalue weighted by atomic mass is 10.2. The van der Waals surface area contributed by atoms with Gasteiger partial charge in [0.2, 0.25) is 5.91 Å². The summed E-state index contributed by atoms with van der Waals surface area (Å²) in [5, 5.41) is 0.